The van der Waals surface area contributed by atoms with Crippen LogP contribution in [-0.2, 0) is 11.2 Å². The fourth-order valence-corrected chi connectivity index (χ4v) is 3.22. The minimum absolute atomic E-state index is 0.0218. The number of carboxylic acid groups (broad SMARTS) is 1. The predicted molar refractivity (Wildman–Crippen MR) is 102 cm³/mol. The number of benzene rings is 1. The van der Waals surface area contributed by atoms with Gasteiger partial charge in [-0.3, -0.25) is 15.2 Å². The molecule has 0 fully saturated rings. The maximum Gasteiger partial charge on any atom is 0.269 e. The number of thioether (sulfide) groups is 1. The van der Waals surface area contributed by atoms with Crippen LogP contribution in [0, 0.1) is 10.1 Å². The zero-order chi connectivity index (χ0) is 20.1. The molecular formula is C18H16N5O4S-. The monoisotopic (exact) mass is 398 g/mol. The first-order chi connectivity index (χ1) is 13.5. The maximum atomic E-state index is 11.6. The van der Waals surface area contributed by atoms with Crippen LogP contribution in [0.1, 0.15) is 24.9 Å². The molecule has 1 aromatic carbocycles. The van der Waals surface area contributed by atoms with Crippen LogP contribution >= 0.6 is 11.8 Å². The minimum atomic E-state index is -1.34. The number of nitro groups is 1. The Balaban J connectivity index is 1.88. The summed E-state index contributed by atoms with van der Waals surface area (Å²) in [4.78, 5) is 26.1. The molecule has 0 aliphatic rings. The number of nitrogens with one attached hydrogen (secondary N) is 1. The van der Waals surface area contributed by atoms with Crippen molar-refractivity contribution in [1.82, 2.24) is 19.7 Å². The SMILES string of the molecule is CCCc1nc(S/C(=C\c2cccn2-c2ccc([N+](=O)[O-])cc2)C(=O)[O-])n[nH]1. The molecule has 0 spiro atoms. The smallest absolute Gasteiger partial charge is 0.269 e. The Kier molecular flexibility index (Phi) is 5.90. The van der Waals surface area contributed by atoms with E-state index in [2.05, 4.69) is 15.2 Å². The van der Waals surface area contributed by atoms with Crippen molar-refractivity contribution in [2.75, 3.05) is 0 Å². The van der Waals surface area contributed by atoms with Gasteiger partial charge in [0.1, 0.15) is 5.82 Å². The number of carbonyl (C=O) groups is 1. The standard InChI is InChI=1S/C18H17N5O4S/c1-2-4-16-19-18(21-20-16)28-15(17(24)25)11-14-5-3-10-22(14)12-6-8-13(9-7-12)23(26)27/h3,5-11H,2,4H2,1H3,(H,24,25)(H,19,20,21)/p-1/b15-11-. The van der Waals surface area contributed by atoms with Gasteiger partial charge in [-0.1, -0.05) is 6.92 Å². The Bertz CT molecular complexity index is 1020. The highest BCUT2D eigenvalue weighted by Crippen LogP contribution is 2.26. The summed E-state index contributed by atoms with van der Waals surface area (Å²) in [5.74, 6) is -0.653. The second-order valence-corrected chi connectivity index (χ2v) is 6.80. The number of carboxylic acids is 1. The first-order valence-corrected chi connectivity index (χ1v) is 9.24. The molecule has 0 atom stereocenters. The van der Waals surface area contributed by atoms with Gasteiger partial charge in [0.05, 0.1) is 10.9 Å². The van der Waals surface area contributed by atoms with E-state index in [9.17, 15) is 20.0 Å². The Labute approximate surface area is 164 Å². The van der Waals surface area contributed by atoms with Gasteiger partial charge >= 0.3 is 0 Å². The highest BCUT2D eigenvalue weighted by Gasteiger charge is 2.11. The number of nitro benzene ring substituents is 1. The summed E-state index contributed by atoms with van der Waals surface area (Å²) >= 11 is 0.895. The molecule has 0 saturated heterocycles. The molecule has 0 radical (unpaired) electrons. The lowest BCUT2D eigenvalue weighted by atomic mass is 10.2. The van der Waals surface area contributed by atoms with Crippen molar-refractivity contribution < 1.29 is 14.8 Å². The number of carbonyl (C=O) groups excluding carboxylic acids is 1. The summed E-state index contributed by atoms with van der Waals surface area (Å²) in [6, 6.07) is 9.43. The lowest BCUT2D eigenvalue weighted by Gasteiger charge is -2.09. The van der Waals surface area contributed by atoms with Crippen LogP contribution in [0.25, 0.3) is 11.8 Å². The Hall–Kier alpha value is -3.40. The second-order valence-electron chi connectivity index (χ2n) is 5.79. The quantitative estimate of drug-likeness (QED) is 0.267. The number of aliphatic carboxylic acids is 1. The molecule has 3 aromatic rings. The molecule has 28 heavy (non-hydrogen) atoms. The lowest BCUT2D eigenvalue weighted by molar-refractivity contribution is -0.384. The van der Waals surface area contributed by atoms with Gasteiger partial charge in [-0.2, -0.15) is 0 Å². The van der Waals surface area contributed by atoms with Crippen LogP contribution in [-0.4, -0.2) is 30.6 Å². The zero-order valence-corrected chi connectivity index (χ0v) is 15.7. The summed E-state index contributed by atoms with van der Waals surface area (Å²) in [5.41, 5.74) is 1.21. The van der Waals surface area contributed by atoms with E-state index in [0.29, 0.717) is 22.4 Å². The molecule has 1 N–H and O–H groups in total. The molecule has 9 nitrogen and oxygen atoms in total. The molecule has 0 aliphatic carbocycles. The first kappa shape index (κ1) is 19.4. The van der Waals surface area contributed by atoms with E-state index in [4.69, 9.17) is 0 Å². The normalized spacial score (nSPS) is 11.5. The third kappa shape index (κ3) is 4.46. The number of hydrogen-bond donors (Lipinski definition) is 1. The summed E-state index contributed by atoms with van der Waals surface area (Å²) in [6.07, 6.45) is 4.81. The fourth-order valence-electron chi connectivity index (χ4n) is 2.52. The summed E-state index contributed by atoms with van der Waals surface area (Å²) in [5, 5.41) is 29.5. The number of H-pyrrole nitrogens is 1. The number of aromatic nitrogens is 4. The highest BCUT2D eigenvalue weighted by molar-refractivity contribution is 8.04. The van der Waals surface area contributed by atoms with Crippen LogP contribution in [0.3, 0.4) is 0 Å². The molecule has 10 heteroatoms. The molecule has 3 rings (SSSR count). The Morgan fingerprint density at radius 1 is 1.32 bits per heavy atom. The van der Waals surface area contributed by atoms with E-state index in [1.54, 1.807) is 35.0 Å². The summed E-state index contributed by atoms with van der Waals surface area (Å²) in [7, 11) is 0. The van der Waals surface area contributed by atoms with Crippen LogP contribution in [0.2, 0.25) is 0 Å². The number of hydrogen-bond acceptors (Lipinski definition) is 7. The number of nitrogens with zero attached hydrogens (tertiary/aromatic N) is 4. The zero-order valence-electron chi connectivity index (χ0n) is 14.9. The molecule has 0 amide bonds. The molecule has 0 bridgehead atoms. The summed E-state index contributed by atoms with van der Waals surface area (Å²) < 4.78 is 1.72. The van der Waals surface area contributed by atoms with Crippen LogP contribution < -0.4 is 5.11 Å². The average molecular weight is 398 g/mol. The molecule has 0 saturated carbocycles. The van der Waals surface area contributed by atoms with Gasteiger partial charge in [-0.05, 0) is 48.5 Å². The minimum Gasteiger partial charge on any atom is -0.544 e. The second kappa shape index (κ2) is 8.53. The van der Waals surface area contributed by atoms with Crippen molar-refractivity contribution in [2.45, 2.75) is 24.9 Å². The van der Waals surface area contributed by atoms with Crippen LogP contribution in [0.5, 0.6) is 0 Å². The Morgan fingerprint density at radius 2 is 2.07 bits per heavy atom. The molecule has 0 aliphatic heterocycles. The number of non-ortho nitro benzene ring substituents is 1. The van der Waals surface area contributed by atoms with Gasteiger partial charge in [-0.15, -0.1) is 5.10 Å². The molecule has 2 aromatic heterocycles. The van der Waals surface area contributed by atoms with Crippen molar-refractivity contribution in [3.05, 3.63) is 69.1 Å². The molecule has 144 valence electrons. The van der Waals surface area contributed by atoms with E-state index in [0.717, 1.165) is 24.6 Å². The van der Waals surface area contributed by atoms with E-state index < -0.39 is 10.9 Å². The van der Waals surface area contributed by atoms with Gasteiger partial charge in [0, 0.05) is 41.0 Å². The third-order valence-electron chi connectivity index (χ3n) is 3.80. The molecular weight excluding hydrogens is 382 g/mol. The largest absolute Gasteiger partial charge is 0.544 e. The van der Waals surface area contributed by atoms with Crippen molar-refractivity contribution >= 4 is 29.5 Å². The van der Waals surface area contributed by atoms with Crippen molar-refractivity contribution in [3.63, 3.8) is 0 Å². The topological polar surface area (TPSA) is 130 Å². The Morgan fingerprint density at radius 3 is 2.71 bits per heavy atom. The first-order valence-electron chi connectivity index (χ1n) is 8.42. The van der Waals surface area contributed by atoms with Crippen LogP contribution in [0.4, 0.5) is 5.69 Å². The highest BCUT2D eigenvalue weighted by atomic mass is 32.2. The number of rotatable bonds is 8. The van der Waals surface area contributed by atoms with Gasteiger partial charge in [-0.25, -0.2) is 4.98 Å². The van der Waals surface area contributed by atoms with Crippen molar-refractivity contribution in [1.29, 1.82) is 0 Å². The number of aromatic amines is 1. The maximum absolute atomic E-state index is 11.6. The molecule has 2 heterocycles. The predicted octanol–water partition coefficient (Wildman–Crippen LogP) is 2.34. The summed E-state index contributed by atoms with van der Waals surface area (Å²) in [6.45, 7) is 2.01. The van der Waals surface area contributed by atoms with E-state index in [1.165, 1.54) is 18.2 Å². The van der Waals surface area contributed by atoms with E-state index >= 15 is 0 Å². The lowest BCUT2D eigenvalue weighted by Crippen LogP contribution is -2.23. The fraction of sp³-hybridized carbons (Fsp3) is 0.167. The van der Waals surface area contributed by atoms with Gasteiger partial charge in [0.2, 0.25) is 5.16 Å². The van der Waals surface area contributed by atoms with Crippen molar-refractivity contribution in [2.24, 2.45) is 0 Å². The van der Waals surface area contributed by atoms with Crippen molar-refractivity contribution in [3.8, 4) is 5.69 Å². The van der Waals surface area contributed by atoms with E-state index in [1.807, 2.05) is 6.92 Å². The van der Waals surface area contributed by atoms with Crippen LogP contribution in [0.15, 0.2) is 52.7 Å². The average Bonchev–Trinajstić information content (AvgIpc) is 3.31. The van der Waals surface area contributed by atoms with Gasteiger partial charge in [0.15, 0.2) is 0 Å². The van der Waals surface area contributed by atoms with Gasteiger partial charge in [0.25, 0.3) is 5.69 Å². The number of aryl methyl sites for hydroxylation is 1. The van der Waals surface area contributed by atoms with Gasteiger partial charge < -0.3 is 14.5 Å². The molecule has 0 unspecified atom stereocenters. The third-order valence-corrected chi connectivity index (χ3v) is 4.67. The van der Waals surface area contributed by atoms with E-state index in [-0.39, 0.29) is 10.6 Å².